The molecule has 0 amide bonds. The van der Waals surface area contributed by atoms with Crippen LogP contribution in [0, 0.1) is 23.7 Å². The molecule has 4 fully saturated rings. The second kappa shape index (κ2) is 7.94. The SMILES string of the molecule is C=C(C(=O)OC1(CCC(F)(F)C(F)(F)C(F)(F)C(F)(F)F)C2CC3CC(C2)CC1C3)C(F)(F)F. The van der Waals surface area contributed by atoms with Crippen molar-refractivity contribution in [2.45, 2.75) is 80.7 Å². The van der Waals surface area contributed by atoms with E-state index in [0.29, 0.717) is 0 Å². The number of carbonyl (C=O) groups excluding carboxylic acids is 1. The number of halogens is 12. The lowest BCUT2D eigenvalue weighted by Gasteiger charge is -2.60. The van der Waals surface area contributed by atoms with Gasteiger partial charge in [0.2, 0.25) is 0 Å². The van der Waals surface area contributed by atoms with Crippen molar-refractivity contribution in [2.24, 2.45) is 23.7 Å². The molecule has 4 aliphatic rings. The molecule has 0 aliphatic heterocycles. The van der Waals surface area contributed by atoms with Crippen molar-refractivity contribution in [3.63, 3.8) is 0 Å². The van der Waals surface area contributed by atoms with Crippen LogP contribution in [-0.2, 0) is 9.53 Å². The van der Waals surface area contributed by atoms with E-state index in [2.05, 4.69) is 6.58 Å². The summed E-state index contributed by atoms with van der Waals surface area (Å²) >= 11 is 0. The fourth-order valence-corrected chi connectivity index (χ4v) is 5.87. The summed E-state index contributed by atoms with van der Waals surface area (Å²) in [5.74, 6) is -23.5. The van der Waals surface area contributed by atoms with Gasteiger partial charge in [-0.15, -0.1) is 0 Å². The van der Waals surface area contributed by atoms with Gasteiger partial charge in [0, 0.05) is 6.42 Å². The fraction of sp³-hybridized carbons (Fsp3) is 0.850. The molecule has 0 N–H and O–H groups in total. The van der Waals surface area contributed by atoms with Gasteiger partial charge < -0.3 is 4.74 Å². The zero-order valence-electron chi connectivity index (χ0n) is 17.3. The number of hydrogen-bond acceptors (Lipinski definition) is 2. The van der Waals surface area contributed by atoms with E-state index in [1.807, 2.05) is 0 Å². The summed E-state index contributed by atoms with van der Waals surface area (Å²) < 4.78 is 163. The normalized spacial score (nSPS) is 32.1. The number of rotatable bonds is 7. The smallest absolute Gasteiger partial charge is 0.455 e. The Labute approximate surface area is 185 Å². The molecule has 0 saturated heterocycles. The van der Waals surface area contributed by atoms with Crippen LogP contribution in [0.5, 0.6) is 0 Å². The molecule has 4 saturated carbocycles. The molecule has 0 spiro atoms. The monoisotopic (exact) mass is 520 g/mol. The Balaban J connectivity index is 1.92. The maximum atomic E-state index is 14.2. The highest BCUT2D eigenvalue weighted by molar-refractivity contribution is 5.89. The molecule has 196 valence electrons. The largest absolute Gasteiger partial charge is 0.460 e. The highest BCUT2D eigenvalue weighted by Gasteiger charge is 2.81. The van der Waals surface area contributed by atoms with Gasteiger partial charge in [0.05, 0.1) is 0 Å². The number of hydrogen-bond donors (Lipinski definition) is 0. The maximum absolute atomic E-state index is 14.2. The van der Waals surface area contributed by atoms with Gasteiger partial charge in [0.15, 0.2) is 0 Å². The first-order valence-corrected chi connectivity index (χ1v) is 10.4. The Morgan fingerprint density at radius 3 is 1.59 bits per heavy atom. The molecule has 0 radical (unpaired) electrons. The van der Waals surface area contributed by atoms with Gasteiger partial charge in [-0.2, -0.15) is 52.7 Å². The molecule has 0 aromatic rings. The van der Waals surface area contributed by atoms with Crippen molar-refractivity contribution in [3.05, 3.63) is 12.2 Å². The fourth-order valence-electron chi connectivity index (χ4n) is 5.87. The van der Waals surface area contributed by atoms with Crippen LogP contribution in [0.4, 0.5) is 52.7 Å². The van der Waals surface area contributed by atoms with Crippen LogP contribution in [0.25, 0.3) is 0 Å². The summed E-state index contributed by atoms with van der Waals surface area (Å²) in [4.78, 5) is 12.2. The van der Waals surface area contributed by atoms with Gasteiger partial charge in [-0.25, -0.2) is 4.79 Å². The van der Waals surface area contributed by atoms with E-state index in [1.165, 1.54) is 0 Å². The van der Waals surface area contributed by atoms with Crippen molar-refractivity contribution in [1.29, 1.82) is 0 Å². The van der Waals surface area contributed by atoms with E-state index in [9.17, 15) is 57.5 Å². The van der Waals surface area contributed by atoms with Gasteiger partial charge in [0.25, 0.3) is 0 Å². The molecule has 0 unspecified atom stereocenters. The van der Waals surface area contributed by atoms with Crippen molar-refractivity contribution in [3.8, 4) is 0 Å². The summed E-state index contributed by atoms with van der Waals surface area (Å²) in [5.41, 5.74) is -4.13. The van der Waals surface area contributed by atoms with E-state index in [-0.39, 0.29) is 37.5 Å². The zero-order chi connectivity index (χ0) is 26.1. The van der Waals surface area contributed by atoms with E-state index >= 15 is 0 Å². The van der Waals surface area contributed by atoms with E-state index < -0.39 is 71.9 Å². The minimum atomic E-state index is -7.08. The summed E-state index contributed by atoms with van der Waals surface area (Å²) in [7, 11) is 0. The Morgan fingerprint density at radius 1 is 0.765 bits per heavy atom. The second-order valence-corrected chi connectivity index (χ2v) is 9.48. The first-order valence-electron chi connectivity index (χ1n) is 10.4. The lowest BCUT2D eigenvalue weighted by atomic mass is 9.49. The molecule has 4 rings (SSSR count). The average molecular weight is 520 g/mol. The molecular weight excluding hydrogens is 500 g/mol. The Kier molecular flexibility index (Phi) is 6.30. The molecule has 2 nitrogen and oxygen atoms in total. The molecule has 4 aliphatic carbocycles. The predicted octanol–water partition coefficient (Wildman–Crippen LogP) is 7.09. The van der Waals surface area contributed by atoms with Crippen LogP contribution < -0.4 is 0 Å². The lowest BCUT2D eigenvalue weighted by Crippen LogP contribution is -2.63. The maximum Gasteiger partial charge on any atom is 0.460 e. The van der Waals surface area contributed by atoms with E-state index in [0.717, 1.165) is 6.42 Å². The molecule has 0 atom stereocenters. The van der Waals surface area contributed by atoms with Crippen molar-refractivity contribution >= 4 is 5.97 Å². The zero-order valence-corrected chi connectivity index (χ0v) is 17.3. The van der Waals surface area contributed by atoms with E-state index in [4.69, 9.17) is 4.74 Å². The third-order valence-corrected chi connectivity index (χ3v) is 7.43. The first-order chi connectivity index (χ1) is 15.2. The van der Waals surface area contributed by atoms with Crippen molar-refractivity contribution < 1.29 is 62.2 Å². The molecule has 4 bridgehead atoms. The van der Waals surface area contributed by atoms with E-state index in [1.54, 1.807) is 0 Å². The van der Waals surface area contributed by atoms with Crippen molar-refractivity contribution in [1.82, 2.24) is 0 Å². The Hall–Kier alpha value is -1.63. The highest BCUT2D eigenvalue weighted by atomic mass is 19.4. The first kappa shape index (κ1) is 27.0. The summed E-state index contributed by atoms with van der Waals surface area (Å²) in [6, 6.07) is 0. The topological polar surface area (TPSA) is 26.3 Å². The molecule has 14 heteroatoms. The van der Waals surface area contributed by atoms with Crippen LogP contribution in [0.2, 0.25) is 0 Å². The van der Waals surface area contributed by atoms with Gasteiger partial charge in [-0.05, 0) is 62.2 Å². The summed E-state index contributed by atoms with van der Waals surface area (Å²) in [6.45, 7) is 2.56. The molecule has 0 aromatic heterocycles. The lowest BCUT2D eigenvalue weighted by molar-refractivity contribution is -0.397. The minimum absolute atomic E-state index is 0.0247. The third-order valence-electron chi connectivity index (χ3n) is 7.43. The molecule has 34 heavy (non-hydrogen) atoms. The van der Waals surface area contributed by atoms with Crippen LogP contribution in [0.15, 0.2) is 12.2 Å². The quantitative estimate of drug-likeness (QED) is 0.204. The standard InChI is InChI=1S/C20H20F12O2/c1-9(17(23,24)25)14(33)34-15(12-5-10-4-11(7-12)8-13(15)6-10)2-3-16(21,22)18(26,27)19(28,29)20(30,31)32/h10-13H,1-8H2. The average Bonchev–Trinajstić information content (AvgIpc) is 2.66. The number of ether oxygens (including phenoxy) is 1. The third kappa shape index (κ3) is 4.16. The predicted molar refractivity (Wildman–Crippen MR) is 91.2 cm³/mol. The highest BCUT2D eigenvalue weighted by Crippen LogP contribution is 2.62. The van der Waals surface area contributed by atoms with Gasteiger partial charge in [-0.1, -0.05) is 6.58 Å². The van der Waals surface area contributed by atoms with Crippen LogP contribution >= 0.6 is 0 Å². The van der Waals surface area contributed by atoms with Gasteiger partial charge in [-0.3, -0.25) is 0 Å². The minimum Gasteiger partial charge on any atom is -0.455 e. The van der Waals surface area contributed by atoms with Crippen LogP contribution in [-0.4, -0.2) is 41.7 Å². The second-order valence-electron chi connectivity index (χ2n) is 9.48. The Bertz CT molecular complexity index is 798. The summed E-state index contributed by atoms with van der Waals surface area (Å²) in [5, 5.41) is 0. The molecular formula is C20H20F12O2. The number of alkyl halides is 12. The molecule has 0 aromatic carbocycles. The molecule has 0 heterocycles. The van der Waals surface area contributed by atoms with Crippen molar-refractivity contribution in [2.75, 3.05) is 0 Å². The number of esters is 1. The van der Waals surface area contributed by atoms with Crippen LogP contribution in [0.1, 0.15) is 44.9 Å². The van der Waals surface area contributed by atoms with Gasteiger partial charge >= 0.3 is 36.1 Å². The number of carbonyl (C=O) groups is 1. The Morgan fingerprint density at radius 2 is 1.21 bits per heavy atom. The summed E-state index contributed by atoms with van der Waals surface area (Å²) in [6.07, 6.45) is -14.3. The van der Waals surface area contributed by atoms with Gasteiger partial charge in [0.1, 0.15) is 11.2 Å². The van der Waals surface area contributed by atoms with Crippen LogP contribution in [0.3, 0.4) is 0 Å².